The number of thiophene rings is 1. The molecule has 0 aliphatic carbocycles. The molecule has 18 heavy (non-hydrogen) atoms. The molecule has 7 nitrogen and oxygen atoms in total. The number of nitrogens with two attached hydrogens (primary N) is 1. The number of aromatic nitrogens is 2. The molecule has 0 fully saturated rings. The highest BCUT2D eigenvalue weighted by Gasteiger charge is 2.17. The number of methoxy groups -OCH3 is 1. The van der Waals surface area contributed by atoms with Gasteiger partial charge in [0.25, 0.3) is 5.91 Å². The zero-order chi connectivity index (χ0) is 13.1. The molecule has 0 bridgehead atoms. The number of hydrogen-bond donors (Lipinski definition) is 3. The molecule has 0 unspecified atom stereocenters. The number of anilines is 2. The first-order valence-corrected chi connectivity index (χ1v) is 5.78. The molecule has 0 atom stereocenters. The molecule has 8 heteroatoms. The Morgan fingerprint density at radius 3 is 2.94 bits per heavy atom. The van der Waals surface area contributed by atoms with Crippen molar-refractivity contribution in [3.05, 3.63) is 28.1 Å². The number of rotatable bonds is 3. The van der Waals surface area contributed by atoms with Gasteiger partial charge in [-0.2, -0.15) is 5.10 Å². The molecule has 94 valence electrons. The Morgan fingerprint density at radius 1 is 1.56 bits per heavy atom. The molecule has 2 aromatic rings. The predicted octanol–water partition coefficient (Wildman–Crippen LogP) is 1.09. The molecule has 0 radical (unpaired) electrons. The van der Waals surface area contributed by atoms with Crippen LogP contribution in [0.25, 0.3) is 0 Å². The normalized spacial score (nSPS) is 10.1. The van der Waals surface area contributed by atoms with E-state index in [1.807, 2.05) is 0 Å². The van der Waals surface area contributed by atoms with Gasteiger partial charge >= 0.3 is 5.97 Å². The van der Waals surface area contributed by atoms with E-state index in [1.165, 1.54) is 24.5 Å². The number of esters is 1. The first kappa shape index (κ1) is 12.1. The van der Waals surface area contributed by atoms with E-state index < -0.39 is 11.9 Å². The van der Waals surface area contributed by atoms with Gasteiger partial charge in [-0.3, -0.25) is 9.89 Å². The standard InChI is InChI=1S/C10H10N4O3S/c1-17-10(16)8-5(2-3-18-8)12-9(15)6-4-7(11)14-13-6/h2-4H,1H3,(H,12,15)(H3,11,13,14). The van der Waals surface area contributed by atoms with Crippen molar-refractivity contribution in [1.29, 1.82) is 0 Å². The third-order valence-electron chi connectivity index (χ3n) is 2.13. The number of hydrogen-bond acceptors (Lipinski definition) is 6. The highest BCUT2D eigenvalue weighted by molar-refractivity contribution is 7.12. The van der Waals surface area contributed by atoms with Crippen LogP contribution in [0, 0.1) is 0 Å². The number of nitrogens with zero attached hydrogens (tertiary/aromatic N) is 1. The van der Waals surface area contributed by atoms with Gasteiger partial charge in [-0.25, -0.2) is 4.79 Å². The smallest absolute Gasteiger partial charge is 0.350 e. The van der Waals surface area contributed by atoms with Crippen LogP contribution in [0.4, 0.5) is 11.5 Å². The number of carbonyl (C=O) groups is 2. The SMILES string of the molecule is COC(=O)c1sccc1NC(=O)c1cc(N)n[nH]1. The van der Waals surface area contributed by atoms with Gasteiger partial charge in [0.2, 0.25) is 0 Å². The van der Waals surface area contributed by atoms with E-state index in [-0.39, 0.29) is 11.5 Å². The summed E-state index contributed by atoms with van der Waals surface area (Å²) in [7, 11) is 1.28. The van der Waals surface area contributed by atoms with Crippen LogP contribution in [0.1, 0.15) is 20.2 Å². The van der Waals surface area contributed by atoms with Crippen molar-refractivity contribution >= 4 is 34.7 Å². The van der Waals surface area contributed by atoms with E-state index in [0.29, 0.717) is 10.6 Å². The first-order chi connectivity index (χ1) is 8.61. The molecule has 0 aromatic carbocycles. The maximum atomic E-state index is 11.8. The quantitative estimate of drug-likeness (QED) is 0.720. The van der Waals surface area contributed by atoms with Crippen LogP contribution in [-0.2, 0) is 4.74 Å². The van der Waals surface area contributed by atoms with Crippen molar-refractivity contribution in [2.24, 2.45) is 0 Å². The van der Waals surface area contributed by atoms with E-state index >= 15 is 0 Å². The Hall–Kier alpha value is -2.35. The summed E-state index contributed by atoms with van der Waals surface area (Å²) in [6.07, 6.45) is 0. The van der Waals surface area contributed by atoms with Crippen LogP contribution in [0.5, 0.6) is 0 Å². The average Bonchev–Trinajstić information content (AvgIpc) is 2.97. The molecular formula is C10H10N4O3S. The van der Waals surface area contributed by atoms with Gasteiger partial charge in [0.15, 0.2) is 0 Å². The van der Waals surface area contributed by atoms with E-state index in [0.717, 1.165) is 0 Å². The lowest BCUT2D eigenvalue weighted by Gasteiger charge is -2.03. The van der Waals surface area contributed by atoms with E-state index in [9.17, 15) is 9.59 Å². The van der Waals surface area contributed by atoms with Crippen molar-refractivity contribution < 1.29 is 14.3 Å². The molecule has 0 saturated carbocycles. The van der Waals surface area contributed by atoms with Gasteiger partial charge in [-0.15, -0.1) is 11.3 Å². The van der Waals surface area contributed by atoms with E-state index in [1.54, 1.807) is 11.4 Å². The molecule has 2 heterocycles. The molecule has 2 aromatic heterocycles. The number of nitrogens with one attached hydrogen (secondary N) is 2. The van der Waals surface area contributed by atoms with Gasteiger partial charge in [-0.05, 0) is 11.4 Å². The third-order valence-corrected chi connectivity index (χ3v) is 3.02. The monoisotopic (exact) mass is 266 g/mol. The second-order valence-electron chi connectivity index (χ2n) is 3.32. The van der Waals surface area contributed by atoms with Crippen LogP contribution in [0.2, 0.25) is 0 Å². The predicted molar refractivity (Wildman–Crippen MR) is 66.6 cm³/mol. The fraction of sp³-hybridized carbons (Fsp3) is 0.100. The average molecular weight is 266 g/mol. The van der Waals surface area contributed by atoms with Crippen LogP contribution in [0.15, 0.2) is 17.5 Å². The fourth-order valence-corrected chi connectivity index (χ4v) is 2.07. The van der Waals surface area contributed by atoms with Gasteiger partial charge in [0, 0.05) is 6.07 Å². The molecule has 0 spiro atoms. The molecule has 1 amide bonds. The van der Waals surface area contributed by atoms with E-state index in [2.05, 4.69) is 20.3 Å². The third kappa shape index (κ3) is 2.33. The first-order valence-electron chi connectivity index (χ1n) is 4.90. The Kier molecular flexibility index (Phi) is 3.28. The maximum absolute atomic E-state index is 11.8. The molecule has 4 N–H and O–H groups in total. The van der Waals surface area contributed by atoms with E-state index in [4.69, 9.17) is 5.73 Å². The molecule has 2 rings (SSSR count). The number of aromatic amines is 1. The Balaban J connectivity index is 2.17. The van der Waals surface area contributed by atoms with Gasteiger partial charge in [0.1, 0.15) is 16.4 Å². The van der Waals surface area contributed by atoms with Crippen LogP contribution in [-0.4, -0.2) is 29.2 Å². The fourth-order valence-electron chi connectivity index (χ4n) is 1.30. The second kappa shape index (κ2) is 4.88. The Morgan fingerprint density at radius 2 is 2.33 bits per heavy atom. The molecule has 0 saturated heterocycles. The minimum Gasteiger partial charge on any atom is -0.465 e. The summed E-state index contributed by atoms with van der Waals surface area (Å²) in [5.41, 5.74) is 6.01. The molecule has 0 aliphatic heterocycles. The van der Waals surface area contributed by atoms with Gasteiger partial charge in [0.05, 0.1) is 12.8 Å². The van der Waals surface area contributed by atoms with Crippen LogP contribution in [0.3, 0.4) is 0 Å². The minimum absolute atomic E-state index is 0.217. The summed E-state index contributed by atoms with van der Waals surface area (Å²) < 4.78 is 4.61. The number of amides is 1. The number of H-pyrrole nitrogens is 1. The van der Waals surface area contributed by atoms with Crippen molar-refractivity contribution in [2.75, 3.05) is 18.2 Å². The summed E-state index contributed by atoms with van der Waals surface area (Å²) in [5, 5.41) is 10.4. The Labute approximate surface area is 106 Å². The minimum atomic E-state index is -0.496. The summed E-state index contributed by atoms with van der Waals surface area (Å²) in [4.78, 5) is 23.5. The second-order valence-corrected chi connectivity index (χ2v) is 4.23. The summed E-state index contributed by atoms with van der Waals surface area (Å²) >= 11 is 1.18. The number of carbonyl (C=O) groups excluding carboxylic acids is 2. The summed E-state index contributed by atoms with van der Waals surface area (Å²) in [5.74, 6) is -0.703. The van der Waals surface area contributed by atoms with Crippen molar-refractivity contribution in [2.45, 2.75) is 0 Å². The topological polar surface area (TPSA) is 110 Å². The highest BCUT2D eigenvalue weighted by Crippen LogP contribution is 2.23. The van der Waals surface area contributed by atoms with Crippen molar-refractivity contribution in [3.8, 4) is 0 Å². The lowest BCUT2D eigenvalue weighted by atomic mass is 10.3. The van der Waals surface area contributed by atoms with Crippen molar-refractivity contribution in [3.63, 3.8) is 0 Å². The zero-order valence-electron chi connectivity index (χ0n) is 9.39. The van der Waals surface area contributed by atoms with Crippen LogP contribution < -0.4 is 11.1 Å². The molecular weight excluding hydrogens is 256 g/mol. The highest BCUT2D eigenvalue weighted by atomic mass is 32.1. The van der Waals surface area contributed by atoms with Crippen LogP contribution >= 0.6 is 11.3 Å². The summed E-state index contributed by atoms with van der Waals surface area (Å²) in [6.45, 7) is 0. The zero-order valence-corrected chi connectivity index (χ0v) is 10.2. The maximum Gasteiger partial charge on any atom is 0.350 e. The van der Waals surface area contributed by atoms with Gasteiger partial charge in [-0.1, -0.05) is 0 Å². The largest absolute Gasteiger partial charge is 0.465 e. The lowest BCUT2D eigenvalue weighted by Crippen LogP contribution is -2.14. The van der Waals surface area contributed by atoms with Crippen molar-refractivity contribution in [1.82, 2.24) is 10.2 Å². The number of ether oxygens (including phenoxy) is 1. The number of nitrogen functional groups attached to an aromatic ring is 1. The summed E-state index contributed by atoms with van der Waals surface area (Å²) in [6, 6.07) is 3.02. The lowest BCUT2D eigenvalue weighted by molar-refractivity contribution is 0.0607. The van der Waals surface area contributed by atoms with Gasteiger partial charge < -0.3 is 15.8 Å². The molecule has 0 aliphatic rings. The Bertz CT molecular complexity index is 589.